The lowest BCUT2D eigenvalue weighted by atomic mass is 9.98. The summed E-state index contributed by atoms with van der Waals surface area (Å²) in [4.78, 5) is 12.6. The summed E-state index contributed by atoms with van der Waals surface area (Å²) >= 11 is 0. The van der Waals surface area contributed by atoms with Crippen molar-refractivity contribution < 1.29 is 13.7 Å². The molecule has 0 aliphatic carbocycles. The fraction of sp³-hybridized carbons (Fsp3) is 0.571. The first-order valence-electron chi connectivity index (χ1n) is 7.20. The van der Waals surface area contributed by atoms with Crippen molar-refractivity contribution in [1.82, 2.24) is 4.90 Å². The van der Waals surface area contributed by atoms with Gasteiger partial charge in [-0.3, -0.25) is 15.0 Å². The van der Waals surface area contributed by atoms with Crippen LogP contribution in [0.3, 0.4) is 0 Å². The van der Waals surface area contributed by atoms with Gasteiger partial charge in [-0.2, -0.15) is 0 Å². The summed E-state index contributed by atoms with van der Waals surface area (Å²) in [6.45, 7) is 1.94. The molecule has 1 aromatic rings. The average Bonchev–Trinajstić information content (AvgIpc) is 2.84. The van der Waals surface area contributed by atoms with Gasteiger partial charge in [0.2, 0.25) is 0 Å². The number of fused-ring (bicyclic) bond motifs is 1. The van der Waals surface area contributed by atoms with Crippen LogP contribution in [0.1, 0.15) is 25.7 Å². The van der Waals surface area contributed by atoms with Crippen molar-refractivity contribution in [3.05, 3.63) is 33.9 Å². The number of benzene rings is 1. The molecule has 2 heterocycles. The van der Waals surface area contributed by atoms with Crippen LogP contribution in [0.25, 0.3) is 0 Å². The van der Waals surface area contributed by atoms with Crippen molar-refractivity contribution >= 4 is 11.4 Å². The topological polar surface area (TPSA) is 58.4 Å². The smallest absolute Gasteiger partial charge is 0.298 e. The van der Waals surface area contributed by atoms with E-state index in [1.54, 1.807) is 0 Å². The van der Waals surface area contributed by atoms with E-state index in [-0.39, 0.29) is 17.8 Å². The Morgan fingerprint density at radius 2 is 2.05 bits per heavy atom. The van der Waals surface area contributed by atoms with E-state index in [4.69, 9.17) is 0 Å². The van der Waals surface area contributed by atoms with E-state index < -0.39 is 22.2 Å². The molecule has 21 heavy (non-hydrogen) atoms. The molecule has 0 saturated carbocycles. The van der Waals surface area contributed by atoms with Crippen LogP contribution in [0.5, 0.6) is 0 Å². The van der Waals surface area contributed by atoms with Gasteiger partial charge in [-0.25, -0.2) is 8.78 Å². The third-order valence-electron chi connectivity index (χ3n) is 4.42. The van der Waals surface area contributed by atoms with Gasteiger partial charge < -0.3 is 5.32 Å². The highest BCUT2D eigenvalue weighted by atomic mass is 19.1. The lowest BCUT2D eigenvalue weighted by molar-refractivity contribution is -0.384. The highest BCUT2D eigenvalue weighted by molar-refractivity contribution is 5.63. The molecule has 1 aromatic carbocycles. The van der Waals surface area contributed by atoms with Crippen LogP contribution in [0, 0.1) is 21.7 Å². The summed E-state index contributed by atoms with van der Waals surface area (Å²) in [7, 11) is 0. The Morgan fingerprint density at radius 3 is 2.81 bits per heavy atom. The van der Waals surface area contributed by atoms with Crippen LogP contribution in [0.4, 0.5) is 20.2 Å². The van der Waals surface area contributed by atoms with Crippen LogP contribution in [-0.4, -0.2) is 35.0 Å². The van der Waals surface area contributed by atoms with Crippen LogP contribution in [0.15, 0.2) is 12.1 Å². The summed E-state index contributed by atoms with van der Waals surface area (Å²) in [6, 6.07) is 1.70. The molecule has 2 atom stereocenters. The maximum atomic E-state index is 13.9. The Morgan fingerprint density at radius 1 is 1.24 bits per heavy atom. The molecule has 7 heteroatoms. The number of nitro benzene ring substituents is 1. The van der Waals surface area contributed by atoms with E-state index in [0.717, 1.165) is 44.8 Å². The lowest BCUT2D eigenvalue weighted by Gasteiger charge is -2.32. The van der Waals surface area contributed by atoms with Gasteiger partial charge >= 0.3 is 0 Å². The predicted molar refractivity (Wildman–Crippen MR) is 74.3 cm³/mol. The molecule has 3 rings (SSSR count). The summed E-state index contributed by atoms with van der Waals surface area (Å²) in [5.41, 5.74) is -0.736. The van der Waals surface area contributed by atoms with Crippen molar-refractivity contribution in [3.63, 3.8) is 0 Å². The predicted octanol–water partition coefficient (Wildman–Crippen LogP) is 2.91. The molecule has 2 aliphatic heterocycles. The molecule has 5 nitrogen and oxygen atoms in total. The zero-order valence-electron chi connectivity index (χ0n) is 11.5. The van der Waals surface area contributed by atoms with E-state index in [0.29, 0.717) is 6.07 Å². The number of nitrogens with zero attached hydrogens (tertiary/aromatic N) is 2. The van der Waals surface area contributed by atoms with Gasteiger partial charge in [-0.05, 0) is 25.8 Å². The van der Waals surface area contributed by atoms with Crippen LogP contribution < -0.4 is 5.32 Å². The third-order valence-corrected chi connectivity index (χ3v) is 4.42. The fourth-order valence-corrected chi connectivity index (χ4v) is 3.45. The minimum Gasteiger partial charge on any atom is -0.373 e. The Hall–Kier alpha value is -1.76. The van der Waals surface area contributed by atoms with Crippen molar-refractivity contribution in [1.29, 1.82) is 0 Å². The van der Waals surface area contributed by atoms with Crippen LogP contribution in [0.2, 0.25) is 0 Å². The first-order chi connectivity index (χ1) is 10.1. The second kappa shape index (κ2) is 5.55. The Kier molecular flexibility index (Phi) is 3.75. The monoisotopic (exact) mass is 297 g/mol. The molecule has 0 bridgehead atoms. The van der Waals surface area contributed by atoms with E-state index in [1.807, 2.05) is 0 Å². The summed E-state index contributed by atoms with van der Waals surface area (Å²) in [5.74, 6) is -1.84. The largest absolute Gasteiger partial charge is 0.373 e. The van der Waals surface area contributed by atoms with Crippen LogP contribution >= 0.6 is 0 Å². The number of nitrogens with one attached hydrogen (secondary N) is 1. The molecular formula is C14H17F2N3O2. The molecule has 0 radical (unpaired) electrons. The van der Waals surface area contributed by atoms with Crippen molar-refractivity contribution in [2.75, 3.05) is 18.4 Å². The second-order valence-corrected chi connectivity index (χ2v) is 5.68. The minimum atomic E-state index is -0.935. The highest BCUT2D eigenvalue weighted by Gasteiger charge is 2.37. The first-order valence-corrected chi connectivity index (χ1v) is 7.20. The van der Waals surface area contributed by atoms with Gasteiger partial charge in [-0.15, -0.1) is 0 Å². The molecule has 114 valence electrons. The molecule has 2 fully saturated rings. The van der Waals surface area contributed by atoms with Gasteiger partial charge in [0.1, 0.15) is 11.5 Å². The number of anilines is 1. The van der Waals surface area contributed by atoms with Gasteiger partial charge in [0, 0.05) is 24.7 Å². The van der Waals surface area contributed by atoms with Gasteiger partial charge in [0.05, 0.1) is 11.0 Å². The molecule has 0 amide bonds. The van der Waals surface area contributed by atoms with Gasteiger partial charge in [-0.1, -0.05) is 6.42 Å². The Labute approximate surface area is 121 Å². The molecule has 2 aliphatic rings. The number of hydrogen-bond donors (Lipinski definition) is 1. The van der Waals surface area contributed by atoms with Crippen molar-refractivity contribution in [2.45, 2.75) is 37.8 Å². The Balaban J connectivity index is 1.86. The summed E-state index contributed by atoms with van der Waals surface area (Å²) < 4.78 is 27.1. The number of halogens is 2. The number of nitro groups is 1. The van der Waals surface area contributed by atoms with Crippen LogP contribution in [-0.2, 0) is 0 Å². The Bertz CT molecular complexity index is 567. The molecule has 0 spiro atoms. The van der Waals surface area contributed by atoms with Gasteiger partial charge in [0.25, 0.3) is 5.69 Å². The maximum absolute atomic E-state index is 13.9. The second-order valence-electron chi connectivity index (χ2n) is 5.68. The number of piperidine rings is 1. The normalized spacial score (nSPS) is 25.6. The zero-order valence-corrected chi connectivity index (χ0v) is 11.5. The molecule has 1 N–H and O–H groups in total. The first kappa shape index (κ1) is 14.2. The maximum Gasteiger partial charge on any atom is 0.298 e. The number of hydrogen-bond acceptors (Lipinski definition) is 4. The average molecular weight is 297 g/mol. The summed E-state index contributed by atoms with van der Waals surface area (Å²) in [6.07, 6.45) is 4.11. The molecule has 2 saturated heterocycles. The fourth-order valence-electron chi connectivity index (χ4n) is 3.45. The van der Waals surface area contributed by atoms with E-state index in [2.05, 4.69) is 10.2 Å². The zero-order chi connectivity index (χ0) is 15.0. The molecule has 0 aromatic heterocycles. The van der Waals surface area contributed by atoms with E-state index in [9.17, 15) is 18.9 Å². The lowest BCUT2D eigenvalue weighted by Crippen LogP contribution is -2.41. The molecular weight excluding hydrogens is 280 g/mol. The van der Waals surface area contributed by atoms with Gasteiger partial charge in [0.15, 0.2) is 5.82 Å². The third kappa shape index (κ3) is 2.70. The van der Waals surface area contributed by atoms with Crippen molar-refractivity contribution in [2.24, 2.45) is 0 Å². The standard InChI is InChI=1S/C14H17F2N3O2/c15-9-7-10(16)14(13(8-9)19(20)21)17-11-4-6-18-5-2-1-3-12(11)18/h7-8,11-12,17H,1-6H2. The number of rotatable bonds is 3. The summed E-state index contributed by atoms with van der Waals surface area (Å²) in [5, 5.41) is 14.0. The minimum absolute atomic E-state index is 0.0241. The molecule has 2 unspecified atom stereocenters. The van der Waals surface area contributed by atoms with E-state index >= 15 is 0 Å². The highest BCUT2D eigenvalue weighted by Crippen LogP contribution is 2.34. The SMILES string of the molecule is O=[N+]([O-])c1cc(F)cc(F)c1NC1CCN2CCCCC12. The quantitative estimate of drug-likeness (QED) is 0.688. The van der Waals surface area contributed by atoms with E-state index in [1.165, 1.54) is 0 Å². The van der Waals surface area contributed by atoms with Crippen molar-refractivity contribution in [3.8, 4) is 0 Å².